The van der Waals surface area contributed by atoms with E-state index in [1.54, 1.807) is 0 Å². The lowest BCUT2D eigenvalue weighted by atomic mass is 10.0. The Bertz CT molecular complexity index is 552. The highest BCUT2D eigenvalue weighted by Crippen LogP contribution is 2.24. The Balaban J connectivity index is 1.83. The molecule has 100 valence electrons. The molecule has 2 atom stereocenters. The highest BCUT2D eigenvalue weighted by Gasteiger charge is 2.18. The lowest BCUT2D eigenvalue weighted by molar-refractivity contribution is 0.0664. The van der Waals surface area contributed by atoms with E-state index < -0.39 is 0 Å². The SMILES string of the molecule is CCC1CCOC(c2ccc3ccccc3c2)CN1. The second-order valence-electron chi connectivity index (χ2n) is 5.27. The fourth-order valence-corrected chi connectivity index (χ4v) is 2.76. The number of rotatable bonds is 2. The summed E-state index contributed by atoms with van der Waals surface area (Å²) in [5, 5.41) is 6.19. The molecular formula is C17H21NO. The van der Waals surface area contributed by atoms with E-state index in [1.165, 1.54) is 22.8 Å². The molecule has 2 unspecified atom stereocenters. The van der Waals surface area contributed by atoms with Crippen molar-refractivity contribution in [1.82, 2.24) is 5.32 Å². The summed E-state index contributed by atoms with van der Waals surface area (Å²) in [5.41, 5.74) is 1.28. The van der Waals surface area contributed by atoms with E-state index in [9.17, 15) is 0 Å². The second kappa shape index (κ2) is 5.72. The maximum atomic E-state index is 6.01. The van der Waals surface area contributed by atoms with Gasteiger partial charge in [0.2, 0.25) is 0 Å². The van der Waals surface area contributed by atoms with Crippen LogP contribution >= 0.6 is 0 Å². The number of nitrogens with one attached hydrogen (secondary N) is 1. The van der Waals surface area contributed by atoms with Gasteiger partial charge in [-0.15, -0.1) is 0 Å². The van der Waals surface area contributed by atoms with E-state index in [-0.39, 0.29) is 6.10 Å². The van der Waals surface area contributed by atoms with Gasteiger partial charge in [0, 0.05) is 19.2 Å². The van der Waals surface area contributed by atoms with Gasteiger partial charge >= 0.3 is 0 Å². The molecule has 0 bridgehead atoms. The number of benzene rings is 2. The standard InChI is InChI=1S/C17H21NO/c1-2-16-9-10-19-17(12-18-16)15-8-7-13-5-3-4-6-14(13)11-15/h3-8,11,16-18H,2,9-10,12H2,1H3. The van der Waals surface area contributed by atoms with Crippen LogP contribution in [0.15, 0.2) is 42.5 Å². The van der Waals surface area contributed by atoms with Crippen LogP contribution in [0.2, 0.25) is 0 Å². The van der Waals surface area contributed by atoms with Crippen LogP contribution in [-0.2, 0) is 4.74 Å². The summed E-state index contributed by atoms with van der Waals surface area (Å²) in [6.45, 7) is 3.99. The van der Waals surface area contributed by atoms with Crippen LogP contribution in [0.3, 0.4) is 0 Å². The number of fused-ring (bicyclic) bond motifs is 1. The zero-order valence-corrected chi connectivity index (χ0v) is 11.4. The molecule has 0 aliphatic carbocycles. The number of hydrogen-bond acceptors (Lipinski definition) is 2. The Morgan fingerprint density at radius 3 is 2.84 bits per heavy atom. The molecule has 2 aromatic rings. The van der Waals surface area contributed by atoms with E-state index in [2.05, 4.69) is 54.7 Å². The van der Waals surface area contributed by atoms with E-state index in [4.69, 9.17) is 4.74 Å². The molecule has 0 spiro atoms. The minimum atomic E-state index is 0.182. The molecule has 2 heteroatoms. The van der Waals surface area contributed by atoms with Crippen molar-refractivity contribution in [3.05, 3.63) is 48.0 Å². The molecule has 1 fully saturated rings. The van der Waals surface area contributed by atoms with Gasteiger partial charge in [-0.2, -0.15) is 0 Å². The monoisotopic (exact) mass is 255 g/mol. The second-order valence-corrected chi connectivity index (χ2v) is 5.27. The van der Waals surface area contributed by atoms with Crippen LogP contribution in [0, 0.1) is 0 Å². The predicted molar refractivity (Wildman–Crippen MR) is 79.3 cm³/mol. The van der Waals surface area contributed by atoms with Gasteiger partial charge in [-0.3, -0.25) is 0 Å². The minimum Gasteiger partial charge on any atom is -0.372 e. The van der Waals surface area contributed by atoms with E-state index in [0.29, 0.717) is 6.04 Å². The quantitative estimate of drug-likeness (QED) is 0.884. The third-order valence-electron chi connectivity index (χ3n) is 4.02. The van der Waals surface area contributed by atoms with Crippen LogP contribution in [0.4, 0.5) is 0 Å². The van der Waals surface area contributed by atoms with E-state index in [0.717, 1.165) is 19.6 Å². The topological polar surface area (TPSA) is 21.3 Å². The Hall–Kier alpha value is -1.38. The van der Waals surface area contributed by atoms with E-state index in [1.807, 2.05) is 0 Å². The van der Waals surface area contributed by atoms with Crippen molar-refractivity contribution in [2.24, 2.45) is 0 Å². The van der Waals surface area contributed by atoms with Crippen molar-refractivity contribution in [2.75, 3.05) is 13.2 Å². The van der Waals surface area contributed by atoms with Gasteiger partial charge in [0.05, 0.1) is 6.10 Å². The van der Waals surface area contributed by atoms with Crippen LogP contribution in [0.1, 0.15) is 31.4 Å². The van der Waals surface area contributed by atoms with Crippen molar-refractivity contribution in [3.63, 3.8) is 0 Å². The first kappa shape index (κ1) is 12.6. The summed E-state index contributed by atoms with van der Waals surface area (Å²) in [5.74, 6) is 0. The first-order valence-electron chi connectivity index (χ1n) is 7.20. The molecule has 0 saturated carbocycles. The Morgan fingerprint density at radius 2 is 2.00 bits per heavy atom. The zero-order valence-electron chi connectivity index (χ0n) is 11.4. The molecule has 1 heterocycles. The lowest BCUT2D eigenvalue weighted by Crippen LogP contribution is -2.29. The van der Waals surface area contributed by atoms with Crippen molar-refractivity contribution >= 4 is 10.8 Å². The van der Waals surface area contributed by atoms with Gasteiger partial charge in [-0.1, -0.05) is 43.3 Å². The molecule has 2 nitrogen and oxygen atoms in total. The predicted octanol–water partition coefficient (Wildman–Crippen LogP) is 3.67. The largest absolute Gasteiger partial charge is 0.372 e. The minimum absolute atomic E-state index is 0.182. The molecule has 1 aliphatic rings. The maximum Gasteiger partial charge on any atom is 0.0949 e. The Kier molecular flexibility index (Phi) is 3.81. The number of hydrogen-bond donors (Lipinski definition) is 1. The molecule has 19 heavy (non-hydrogen) atoms. The van der Waals surface area contributed by atoms with Crippen LogP contribution in [-0.4, -0.2) is 19.2 Å². The molecular weight excluding hydrogens is 234 g/mol. The Labute approximate surface area is 114 Å². The average molecular weight is 255 g/mol. The lowest BCUT2D eigenvalue weighted by Gasteiger charge is -2.17. The highest BCUT2D eigenvalue weighted by atomic mass is 16.5. The molecule has 0 radical (unpaired) electrons. The van der Waals surface area contributed by atoms with Gasteiger partial charge < -0.3 is 10.1 Å². The molecule has 1 N–H and O–H groups in total. The van der Waals surface area contributed by atoms with Gasteiger partial charge in [-0.05, 0) is 35.2 Å². The maximum absolute atomic E-state index is 6.01. The number of ether oxygens (including phenoxy) is 1. The summed E-state index contributed by atoms with van der Waals surface area (Å²) >= 11 is 0. The van der Waals surface area contributed by atoms with Crippen LogP contribution in [0.5, 0.6) is 0 Å². The van der Waals surface area contributed by atoms with Crippen molar-refractivity contribution < 1.29 is 4.74 Å². The van der Waals surface area contributed by atoms with Crippen molar-refractivity contribution in [2.45, 2.75) is 31.9 Å². The third kappa shape index (κ3) is 2.80. The first-order valence-corrected chi connectivity index (χ1v) is 7.20. The first-order chi connectivity index (χ1) is 9.36. The summed E-state index contributed by atoms with van der Waals surface area (Å²) in [6.07, 6.45) is 2.47. The van der Waals surface area contributed by atoms with Crippen LogP contribution < -0.4 is 5.32 Å². The summed E-state index contributed by atoms with van der Waals surface area (Å²) in [7, 11) is 0. The molecule has 0 aromatic heterocycles. The molecule has 0 amide bonds. The van der Waals surface area contributed by atoms with Crippen LogP contribution in [0.25, 0.3) is 10.8 Å². The smallest absolute Gasteiger partial charge is 0.0949 e. The normalized spacial score (nSPS) is 24.3. The van der Waals surface area contributed by atoms with E-state index >= 15 is 0 Å². The highest BCUT2D eigenvalue weighted by molar-refractivity contribution is 5.83. The van der Waals surface area contributed by atoms with Gasteiger partial charge in [-0.25, -0.2) is 0 Å². The van der Waals surface area contributed by atoms with Crippen molar-refractivity contribution in [1.29, 1.82) is 0 Å². The molecule has 3 rings (SSSR count). The summed E-state index contributed by atoms with van der Waals surface area (Å²) < 4.78 is 6.01. The fourth-order valence-electron chi connectivity index (χ4n) is 2.76. The zero-order chi connectivity index (χ0) is 13.1. The molecule has 1 saturated heterocycles. The summed E-state index contributed by atoms with van der Waals surface area (Å²) in [4.78, 5) is 0. The Morgan fingerprint density at radius 1 is 1.16 bits per heavy atom. The van der Waals surface area contributed by atoms with Gasteiger partial charge in [0.15, 0.2) is 0 Å². The summed E-state index contributed by atoms with van der Waals surface area (Å²) in [6, 6.07) is 15.7. The fraction of sp³-hybridized carbons (Fsp3) is 0.412. The molecule has 2 aromatic carbocycles. The van der Waals surface area contributed by atoms with Gasteiger partial charge in [0.1, 0.15) is 0 Å². The molecule has 1 aliphatic heterocycles. The third-order valence-corrected chi connectivity index (χ3v) is 4.02. The average Bonchev–Trinajstić information content (AvgIpc) is 2.72. The van der Waals surface area contributed by atoms with Gasteiger partial charge in [0.25, 0.3) is 0 Å². The van der Waals surface area contributed by atoms with Crippen molar-refractivity contribution in [3.8, 4) is 0 Å².